The van der Waals surface area contributed by atoms with Gasteiger partial charge in [-0.2, -0.15) is 0 Å². The topological polar surface area (TPSA) is 17.1 Å². The van der Waals surface area contributed by atoms with Crippen LogP contribution in [0.5, 0.6) is 0 Å². The Hall–Kier alpha value is -0.330. The summed E-state index contributed by atoms with van der Waals surface area (Å²) in [6.45, 7) is 6.81. The Balaban J connectivity index is 3.31. The summed E-state index contributed by atoms with van der Waals surface area (Å²) in [5, 5.41) is 0. The van der Waals surface area contributed by atoms with Gasteiger partial charge in [-0.1, -0.05) is 156 Å². The van der Waals surface area contributed by atoms with E-state index >= 15 is 0 Å². The van der Waals surface area contributed by atoms with Gasteiger partial charge in [0, 0.05) is 12.8 Å². The van der Waals surface area contributed by atoms with Crippen LogP contribution in [0.25, 0.3) is 0 Å². The quantitative estimate of drug-likeness (QED) is 0.134. The van der Waals surface area contributed by atoms with Crippen molar-refractivity contribution in [3.8, 4) is 0 Å². The molecule has 1 atom stereocenters. The normalized spacial score (nSPS) is 12.4. The average Bonchev–Trinajstić information content (AvgIpc) is 2.75. The summed E-state index contributed by atoms with van der Waals surface area (Å²) in [4.78, 5) is 12.2. The molecular formula is C29H58O. The highest BCUT2D eigenvalue weighted by Crippen LogP contribution is 2.20. The number of ketones is 1. The van der Waals surface area contributed by atoms with Crippen molar-refractivity contribution in [1.82, 2.24) is 0 Å². The van der Waals surface area contributed by atoms with Crippen molar-refractivity contribution in [3.63, 3.8) is 0 Å². The lowest BCUT2D eigenvalue weighted by Gasteiger charge is -2.13. The highest BCUT2D eigenvalue weighted by Gasteiger charge is 2.11. The van der Waals surface area contributed by atoms with Crippen molar-refractivity contribution < 1.29 is 4.79 Å². The van der Waals surface area contributed by atoms with Gasteiger partial charge in [0.1, 0.15) is 5.78 Å². The fraction of sp³-hybridized carbons (Fsp3) is 0.966. The molecule has 0 rings (SSSR count). The molecule has 0 fully saturated rings. The molecule has 30 heavy (non-hydrogen) atoms. The number of carbonyl (C=O) groups is 1. The maximum atomic E-state index is 12.2. The third-order valence-corrected chi connectivity index (χ3v) is 6.87. The highest BCUT2D eigenvalue weighted by atomic mass is 16.1. The van der Waals surface area contributed by atoms with Crippen LogP contribution in [0, 0.1) is 5.92 Å². The van der Waals surface area contributed by atoms with E-state index in [0.717, 1.165) is 19.3 Å². The van der Waals surface area contributed by atoms with Gasteiger partial charge in [-0.05, 0) is 12.3 Å². The van der Waals surface area contributed by atoms with E-state index in [1.54, 1.807) is 0 Å². The van der Waals surface area contributed by atoms with Crippen LogP contribution in [-0.2, 0) is 4.79 Å². The fourth-order valence-corrected chi connectivity index (χ4v) is 4.60. The van der Waals surface area contributed by atoms with Crippen LogP contribution in [-0.4, -0.2) is 5.78 Å². The van der Waals surface area contributed by atoms with Gasteiger partial charge in [0.05, 0.1) is 0 Å². The van der Waals surface area contributed by atoms with E-state index in [-0.39, 0.29) is 0 Å². The second kappa shape index (κ2) is 24.9. The van der Waals surface area contributed by atoms with Crippen LogP contribution < -0.4 is 0 Å². The zero-order chi connectivity index (χ0) is 22.1. The van der Waals surface area contributed by atoms with Crippen molar-refractivity contribution in [2.75, 3.05) is 0 Å². The molecule has 0 spiro atoms. The molecule has 0 aliphatic carbocycles. The second-order valence-electron chi connectivity index (χ2n) is 9.92. The molecule has 0 aromatic rings. The molecule has 0 bridgehead atoms. The van der Waals surface area contributed by atoms with E-state index in [2.05, 4.69) is 20.8 Å². The van der Waals surface area contributed by atoms with Gasteiger partial charge in [-0.25, -0.2) is 0 Å². The van der Waals surface area contributed by atoms with E-state index in [4.69, 9.17) is 0 Å². The molecule has 0 amide bonds. The van der Waals surface area contributed by atoms with E-state index < -0.39 is 0 Å². The number of rotatable bonds is 25. The summed E-state index contributed by atoms with van der Waals surface area (Å²) in [6.07, 6.45) is 31.8. The molecule has 0 heterocycles. The van der Waals surface area contributed by atoms with E-state index in [0.29, 0.717) is 11.7 Å². The molecule has 0 aliphatic rings. The number of carbonyl (C=O) groups excluding carboxylic acids is 1. The molecule has 0 saturated carbocycles. The third kappa shape index (κ3) is 22.4. The second-order valence-corrected chi connectivity index (χ2v) is 9.92. The Morgan fingerprint density at radius 1 is 0.500 bits per heavy atom. The van der Waals surface area contributed by atoms with Crippen molar-refractivity contribution in [2.45, 2.75) is 175 Å². The molecule has 0 saturated heterocycles. The molecule has 0 aromatic heterocycles. The molecule has 180 valence electrons. The Kier molecular flexibility index (Phi) is 24.7. The minimum atomic E-state index is 0.530. The number of hydrogen-bond acceptors (Lipinski definition) is 1. The van der Waals surface area contributed by atoms with Gasteiger partial charge < -0.3 is 0 Å². The summed E-state index contributed by atoms with van der Waals surface area (Å²) in [7, 11) is 0. The highest BCUT2D eigenvalue weighted by molar-refractivity contribution is 5.78. The molecule has 0 aromatic carbocycles. The van der Waals surface area contributed by atoms with Gasteiger partial charge in [0.2, 0.25) is 0 Å². The zero-order valence-corrected chi connectivity index (χ0v) is 21.5. The largest absolute Gasteiger partial charge is 0.300 e. The molecule has 1 unspecified atom stereocenters. The van der Waals surface area contributed by atoms with Gasteiger partial charge >= 0.3 is 0 Å². The summed E-state index contributed by atoms with van der Waals surface area (Å²) >= 11 is 0. The first-order valence-electron chi connectivity index (χ1n) is 14.3. The molecule has 0 radical (unpaired) electrons. The summed E-state index contributed by atoms with van der Waals surface area (Å²) in [5.41, 5.74) is 0. The standard InChI is InChI=1S/C29H58O/c1-4-7-9-11-12-13-14-15-16-17-18-19-20-21-22-24-26-29(30)27-28(6-3)25-23-10-8-5-2/h28H,4-27H2,1-3H3. The predicted molar refractivity (Wildman–Crippen MR) is 136 cm³/mol. The zero-order valence-electron chi connectivity index (χ0n) is 21.5. The van der Waals surface area contributed by atoms with Gasteiger partial charge in [-0.3, -0.25) is 4.79 Å². The number of unbranched alkanes of at least 4 members (excludes halogenated alkanes) is 18. The lowest BCUT2D eigenvalue weighted by Crippen LogP contribution is -2.08. The van der Waals surface area contributed by atoms with Crippen LogP contribution in [0.15, 0.2) is 0 Å². The molecule has 1 nitrogen and oxygen atoms in total. The molecule has 1 heteroatoms. The monoisotopic (exact) mass is 422 g/mol. The van der Waals surface area contributed by atoms with Crippen molar-refractivity contribution in [1.29, 1.82) is 0 Å². The smallest absolute Gasteiger partial charge is 0.133 e. The minimum Gasteiger partial charge on any atom is -0.300 e. The van der Waals surface area contributed by atoms with Crippen LogP contribution >= 0.6 is 0 Å². The lowest BCUT2D eigenvalue weighted by molar-refractivity contribution is -0.120. The van der Waals surface area contributed by atoms with Crippen LogP contribution in [0.1, 0.15) is 175 Å². The maximum absolute atomic E-state index is 12.2. The van der Waals surface area contributed by atoms with E-state index in [1.807, 2.05) is 0 Å². The Bertz CT molecular complexity index is 335. The van der Waals surface area contributed by atoms with E-state index in [9.17, 15) is 4.79 Å². The lowest BCUT2D eigenvalue weighted by atomic mass is 9.91. The van der Waals surface area contributed by atoms with Crippen LogP contribution in [0.3, 0.4) is 0 Å². The van der Waals surface area contributed by atoms with Crippen molar-refractivity contribution in [2.24, 2.45) is 5.92 Å². The first-order chi connectivity index (χ1) is 14.7. The fourth-order valence-electron chi connectivity index (χ4n) is 4.60. The number of hydrogen-bond donors (Lipinski definition) is 0. The molecular weight excluding hydrogens is 364 g/mol. The summed E-state index contributed by atoms with van der Waals surface area (Å²) < 4.78 is 0. The van der Waals surface area contributed by atoms with Crippen molar-refractivity contribution >= 4 is 5.78 Å². The minimum absolute atomic E-state index is 0.530. The van der Waals surface area contributed by atoms with Gasteiger partial charge in [0.15, 0.2) is 0 Å². The third-order valence-electron chi connectivity index (χ3n) is 6.87. The Labute approximate surface area is 191 Å². The van der Waals surface area contributed by atoms with E-state index in [1.165, 1.54) is 135 Å². The summed E-state index contributed by atoms with van der Waals surface area (Å²) in [6, 6.07) is 0. The van der Waals surface area contributed by atoms with Crippen molar-refractivity contribution in [3.05, 3.63) is 0 Å². The molecule has 0 N–H and O–H groups in total. The first-order valence-corrected chi connectivity index (χ1v) is 14.3. The van der Waals surface area contributed by atoms with Crippen LogP contribution in [0.4, 0.5) is 0 Å². The van der Waals surface area contributed by atoms with Gasteiger partial charge in [-0.15, -0.1) is 0 Å². The Morgan fingerprint density at radius 3 is 1.27 bits per heavy atom. The maximum Gasteiger partial charge on any atom is 0.133 e. The predicted octanol–water partition coefficient (Wildman–Crippen LogP) is 10.6. The van der Waals surface area contributed by atoms with Crippen LogP contribution in [0.2, 0.25) is 0 Å². The average molecular weight is 423 g/mol. The SMILES string of the molecule is CCCCCCCCCCCCCCCCCCC(=O)CC(CC)CCCCCC. The first kappa shape index (κ1) is 29.7. The molecule has 0 aliphatic heterocycles. The summed E-state index contributed by atoms with van der Waals surface area (Å²) in [5.74, 6) is 1.18. The number of Topliss-reactive ketones (excluding diaryl/α,β-unsaturated/α-hetero) is 1. The Morgan fingerprint density at radius 2 is 0.867 bits per heavy atom. The van der Waals surface area contributed by atoms with Gasteiger partial charge in [0.25, 0.3) is 0 Å².